The van der Waals surface area contributed by atoms with E-state index in [4.69, 9.17) is 5.73 Å². The number of thioether (sulfide) groups is 1. The molecule has 2 heteroatoms. The summed E-state index contributed by atoms with van der Waals surface area (Å²) in [5.41, 5.74) is 6.62. The van der Waals surface area contributed by atoms with Crippen molar-refractivity contribution in [3.05, 3.63) is 0 Å². The summed E-state index contributed by atoms with van der Waals surface area (Å²) in [6, 6.07) is 0.453. The van der Waals surface area contributed by atoms with Crippen molar-refractivity contribution in [2.24, 2.45) is 17.1 Å². The van der Waals surface area contributed by atoms with Gasteiger partial charge in [-0.1, -0.05) is 20.8 Å². The van der Waals surface area contributed by atoms with Gasteiger partial charge in [-0.05, 0) is 42.1 Å². The minimum Gasteiger partial charge on any atom is -0.327 e. The number of nitrogens with two attached hydrogens (primary N) is 1. The molecule has 1 fully saturated rings. The van der Waals surface area contributed by atoms with Crippen molar-refractivity contribution in [1.29, 1.82) is 0 Å². The Balaban J connectivity index is 2.20. The maximum Gasteiger partial charge on any atom is 0.00755 e. The normalized spacial score (nSPS) is 26.3. The first-order valence-corrected chi connectivity index (χ1v) is 6.48. The summed E-state index contributed by atoms with van der Waals surface area (Å²) < 4.78 is 0. The zero-order valence-electron chi connectivity index (χ0n) is 9.18. The van der Waals surface area contributed by atoms with Gasteiger partial charge in [0.05, 0.1) is 0 Å². The highest BCUT2D eigenvalue weighted by Crippen LogP contribution is 2.29. The second-order valence-electron chi connectivity index (χ2n) is 5.39. The summed E-state index contributed by atoms with van der Waals surface area (Å²) in [5, 5.41) is 0. The van der Waals surface area contributed by atoms with Crippen LogP contribution in [0.3, 0.4) is 0 Å². The Morgan fingerprint density at radius 2 is 2.15 bits per heavy atom. The van der Waals surface area contributed by atoms with Crippen molar-refractivity contribution in [3.63, 3.8) is 0 Å². The van der Waals surface area contributed by atoms with Crippen LogP contribution in [0, 0.1) is 11.3 Å². The minimum absolute atomic E-state index is 0.448. The van der Waals surface area contributed by atoms with Crippen LogP contribution in [-0.2, 0) is 0 Å². The average molecular weight is 201 g/mol. The molecule has 0 aromatic carbocycles. The Morgan fingerprint density at radius 3 is 2.62 bits per heavy atom. The van der Waals surface area contributed by atoms with Gasteiger partial charge >= 0.3 is 0 Å². The van der Waals surface area contributed by atoms with Crippen molar-refractivity contribution in [2.75, 3.05) is 11.5 Å². The topological polar surface area (TPSA) is 26.0 Å². The van der Waals surface area contributed by atoms with Crippen molar-refractivity contribution < 1.29 is 0 Å². The van der Waals surface area contributed by atoms with Crippen molar-refractivity contribution in [2.45, 2.75) is 46.1 Å². The molecule has 1 heterocycles. The van der Waals surface area contributed by atoms with E-state index in [9.17, 15) is 0 Å². The number of rotatable bonds is 3. The van der Waals surface area contributed by atoms with Crippen LogP contribution in [0.1, 0.15) is 40.0 Å². The summed E-state index contributed by atoms with van der Waals surface area (Å²) in [6.07, 6.45) is 3.81. The van der Waals surface area contributed by atoms with E-state index in [1.165, 1.54) is 30.8 Å². The molecule has 2 N–H and O–H groups in total. The Labute approximate surface area is 86.8 Å². The van der Waals surface area contributed by atoms with Gasteiger partial charge in [-0.25, -0.2) is 0 Å². The highest BCUT2D eigenvalue weighted by atomic mass is 32.2. The number of hydrogen-bond donors (Lipinski definition) is 1. The largest absolute Gasteiger partial charge is 0.327 e. The van der Waals surface area contributed by atoms with E-state index in [2.05, 4.69) is 32.5 Å². The van der Waals surface area contributed by atoms with Crippen LogP contribution in [0.15, 0.2) is 0 Å². The van der Waals surface area contributed by atoms with Gasteiger partial charge in [0.25, 0.3) is 0 Å². The van der Waals surface area contributed by atoms with Gasteiger partial charge in [-0.15, -0.1) is 0 Å². The van der Waals surface area contributed by atoms with Crippen LogP contribution in [0.25, 0.3) is 0 Å². The first-order valence-electron chi connectivity index (χ1n) is 5.32. The second kappa shape index (κ2) is 4.70. The first kappa shape index (κ1) is 11.4. The molecule has 1 aliphatic heterocycles. The first-order chi connectivity index (χ1) is 5.99. The molecule has 0 radical (unpaired) electrons. The quantitative estimate of drug-likeness (QED) is 0.760. The molecule has 2 atom stereocenters. The van der Waals surface area contributed by atoms with Crippen molar-refractivity contribution in [1.82, 2.24) is 0 Å². The van der Waals surface area contributed by atoms with E-state index in [0.717, 1.165) is 5.92 Å². The molecule has 0 aromatic rings. The average Bonchev–Trinajstić information content (AvgIpc) is 2.50. The van der Waals surface area contributed by atoms with Crippen LogP contribution in [0.5, 0.6) is 0 Å². The fourth-order valence-corrected chi connectivity index (χ4v) is 3.08. The molecule has 2 unspecified atom stereocenters. The smallest absolute Gasteiger partial charge is 0.00755 e. The molecule has 1 nitrogen and oxygen atoms in total. The van der Waals surface area contributed by atoms with Crippen LogP contribution in [0.2, 0.25) is 0 Å². The zero-order valence-corrected chi connectivity index (χ0v) is 9.99. The molecular weight excluding hydrogens is 178 g/mol. The monoisotopic (exact) mass is 201 g/mol. The molecule has 78 valence electrons. The van der Waals surface area contributed by atoms with E-state index in [1.54, 1.807) is 0 Å². The molecule has 13 heavy (non-hydrogen) atoms. The van der Waals surface area contributed by atoms with Crippen molar-refractivity contribution >= 4 is 11.8 Å². The lowest BCUT2D eigenvalue weighted by molar-refractivity contribution is 0.320. The maximum absolute atomic E-state index is 6.17. The molecule has 0 bridgehead atoms. The second-order valence-corrected chi connectivity index (χ2v) is 6.54. The van der Waals surface area contributed by atoms with Gasteiger partial charge in [0.1, 0.15) is 0 Å². The lowest BCUT2D eigenvalue weighted by Gasteiger charge is -2.23. The molecule has 1 rings (SSSR count). The van der Waals surface area contributed by atoms with Crippen LogP contribution in [0.4, 0.5) is 0 Å². The van der Waals surface area contributed by atoms with Gasteiger partial charge < -0.3 is 5.73 Å². The summed E-state index contributed by atoms with van der Waals surface area (Å²) in [7, 11) is 0. The third-order valence-electron chi connectivity index (χ3n) is 2.80. The minimum atomic E-state index is 0.448. The number of hydrogen-bond acceptors (Lipinski definition) is 2. The zero-order chi connectivity index (χ0) is 9.90. The van der Waals surface area contributed by atoms with Crippen LogP contribution >= 0.6 is 11.8 Å². The van der Waals surface area contributed by atoms with Gasteiger partial charge in [-0.2, -0.15) is 11.8 Å². The molecule has 0 aliphatic carbocycles. The van der Waals surface area contributed by atoms with Gasteiger partial charge in [-0.3, -0.25) is 0 Å². The molecular formula is C11H23NS. The maximum atomic E-state index is 6.17. The summed E-state index contributed by atoms with van der Waals surface area (Å²) in [4.78, 5) is 0. The van der Waals surface area contributed by atoms with E-state index >= 15 is 0 Å². The SMILES string of the molecule is CC(C)(C)CCC(N)C1CCSC1. The lowest BCUT2D eigenvalue weighted by Crippen LogP contribution is -2.31. The molecule has 1 aliphatic rings. The fraction of sp³-hybridized carbons (Fsp3) is 1.00. The lowest BCUT2D eigenvalue weighted by atomic mass is 9.85. The summed E-state index contributed by atoms with van der Waals surface area (Å²) in [6.45, 7) is 6.88. The highest BCUT2D eigenvalue weighted by molar-refractivity contribution is 7.99. The summed E-state index contributed by atoms with van der Waals surface area (Å²) in [5.74, 6) is 3.42. The Hall–Kier alpha value is 0.310. The standard InChI is InChI=1S/C11H23NS/c1-11(2,3)6-4-10(12)9-5-7-13-8-9/h9-10H,4-8,12H2,1-3H3. The molecule has 0 spiro atoms. The van der Waals surface area contributed by atoms with E-state index in [0.29, 0.717) is 11.5 Å². The third kappa shape index (κ3) is 4.37. The van der Waals surface area contributed by atoms with Gasteiger partial charge in [0.2, 0.25) is 0 Å². The van der Waals surface area contributed by atoms with Gasteiger partial charge in [0.15, 0.2) is 0 Å². The molecule has 1 saturated heterocycles. The predicted octanol–water partition coefficient (Wildman–Crippen LogP) is 2.89. The Bertz CT molecular complexity index is 145. The molecule has 0 aromatic heterocycles. The molecule has 0 saturated carbocycles. The predicted molar refractivity (Wildman–Crippen MR) is 62.1 cm³/mol. The molecule has 0 amide bonds. The van der Waals surface area contributed by atoms with E-state index in [-0.39, 0.29) is 0 Å². The Kier molecular flexibility index (Phi) is 4.11. The van der Waals surface area contributed by atoms with Crippen LogP contribution in [-0.4, -0.2) is 17.5 Å². The highest BCUT2D eigenvalue weighted by Gasteiger charge is 2.23. The van der Waals surface area contributed by atoms with Crippen molar-refractivity contribution in [3.8, 4) is 0 Å². The van der Waals surface area contributed by atoms with Gasteiger partial charge in [0, 0.05) is 6.04 Å². The Morgan fingerprint density at radius 1 is 1.46 bits per heavy atom. The fourth-order valence-electron chi connectivity index (χ4n) is 1.73. The van der Waals surface area contributed by atoms with Crippen LogP contribution < -0.4 is 5.73 Å². The summed E-state index contributed by atoms with van der Waals surface area (Å²) >= 11 is 2.06. The van der Waals surface area contributed by atoms with E-state index < -0.39 is 0 Å². The van der Waals surface area contributed by atoms with E-state index in [1.807, 2.05) is 0 Å². The third-order valence-corrected chi connectivity index (χ3v) is 3.99.